The number of H-pyrrole nitrogens is 4. The Kier molecular flexibility index (Phi) is 24.8. The summed E-state index contributed by atoms with van der Waals surface area (Å²) >= 11 is 6.12. The summed E-state index contributed by atoms with van der Waals surface area (Å²) in [5.41, 5.74) is 12.4. The molecule has 8 aromatic carbocycles. The summed E-state index contributed by atoms with van der Waals surface area (Å²) in [5.74, 6) is 4.26. The van der Waals surface area contributed by atoms with Crippen LogP contribution in [0.2, 0.25) is 5.02 Å². The molecule has 0 aliphatic carbocycles. The first kappa shape index (κ1) is 79.9. The summed E-state index contributed by atoms with van der Waals surface area (Å²) in [6.07, 6.45) is 15.5. The Balaban J connectivity index is 0.000000130. The molecule has 0 spiro atoms. The number of nitrogens with zero attached hydrogens (tertiary/aromatic N) is 4. The van der Waals surface area contributed by atoms with Crippen molar-refractivity contribution < 1.29 is 57.4 Å². The minimum Gasteiger partial charge on any atom is -0.497 e. The minimum atomic E-state index is -3.65. The summed E-state index contributed by atoms with van der Waals surface area (Å²) < 4.78 is 137. The average molecular weight is 1600 g/mol. The molecule has 4 aliphatic rings. The molecule has 111 heavy (non-hydrogen) atoms. The minimum absolute atomic E-state index is 0.168. The van der Waals surface area contributed by atoms with Gasteiger partial charge in [0, 0.05) is 132 Å². The van der Waals surface area contributed by atoms with E-state index in [1.807, 2.05) is 99.0 Å². The van der Waals surface area contributed by atoms with Crippen molar-refractivity contribution in [3.05, 3.63) is 233 Å². The van der Waals surface area contributed by atoms with Gasteiger partial charge >= 0.3 is 0 Å². The van der Waals surface area contributed by atoms with Crippen molar-refractivity contribution in [3.63, 3.8) is 0 Å². The van der Waals surface area contributed by atoms with Crippen molar-refractivity contribution >= 4 is 95.3 Å². The molecule has 4 saturated heterocycles. The highest BCUT2D eigenvalue weighted by atomic mass is 35.5. The van der Waals surface area contributed by atoms with Gasteiger partial charge < -0.3 is 43.6 Å². The predicted molar refractivity (Wildman–Crippen MR) is 439 cm³/mol. The number of aryl methyl sites for hydroxylation is 3. The molecule has 0 unspecified atom stereocenters. The number of piperidine rings is 4. The number of ether oxygens (including phenoxy) is 5. The third-order valence-electron chi connectivity index (χ3n) is 22.3. The van der Waals surface area contributed by atoms with Gasteiger partial charge in [0.25, 0.3) is 0 Å². The van der Waals surface area contributed by atoms with Gasteiger partial charge in [0.1, 0.15) is 38.5 Å². The quantitative estimate of drug-likeness (QED) is 0.0624. The molecule has 16 rings (SSSR count). The van der Waals surface area contributed by atoms with Gasteiger partial charge in [-0.1, -0.05) is 79.2 Å². The standard InChI is InChI=1S/C22H26N2O5S.C22H26N2O4S.C21H24N2O2S.C20H21ClN2O2S/c1-27-16-4-6-20-18(12-16)19(14-23-20)15-8-10-24(11-9-15)30(25,26)22-7-5-17(28-2)13-21(22)29-3;1-15-4-7-22(21(12-15)28-3)29(25,26)24-10-8-16(9-11-24)19-14-23-20-6-5-17(27-2)13-18(19)20;1-2-16-7-9-18(10-8-16)26(24,25)23-13-11-17(12-14-23)20-15-22-21-6-4-3-5-19(20)21;1-14-6-7-16(12-19(14)21)26(24,25)23-10-8-15(9-11-23)18-13-22-20-5-3-2-4-17(18)20/h4-7,12-15,23H,8-11H2,1-3H3;4-7,12-14,16,23H,8-11H2,1-3H3;3-10,15,17,22H,2,11-14H2,1H3;2-7,12-13,15,22H,8-11H2,1H3. The zero-order chi connectivity index (χ0) is 78.4. The molecule has 4 aromatic heterocycles. The third-order valence-corrected chi connectivity index (χ3v) is 30.4. The van der Waals surface area contributed by atoms with Crippen molar-refractivity contribution in [2.45, 2.75) is 122 Å². The number of halogens is 1. The van der Waals surface area contributed by atoms with E-state index in [2.05, 4.69) is 69.6 Å². The second-order valence-electron chi connectivity index (χ2n) is 28.7. The lowest BCUT2D eigenvalue weighted by Gasteiger charge is -2.31. The number of nitrogens with one attached hydrogen (secondary N) is 4. The van der Waals surface area contributed by atoms with Crippen molar-refractivity contribution in [3.8, 4) is 28.7 Å². The number of aromatic amines is 4. The maximum Gasteiger partial charge on any atom is 0.246 e. The smallest absolute Gasteiger partial charge is 0.246 e. The predicted octanol–water partition coefficient (Wildman–Crippen LogP) is 16.8. The largest absolute Gasteiger partial charge is 0.497 e. The van der Waals surface area contributed by atoms with E-state index in [0.717, 1.165) is 119 Å². The van der Waals surface area contributed by atoms with Crippen LogP contribution in [0.25, 0.3) is 43.6 Å². The average Bonchev–Trinajstić information content (AvgIpc) is 1.10. The van der Waals surface area contributed by atoms with Gasteiger partial charge in [0.15, 0.2) is 0 Å². The van der Waals surface area contributed by atoms with Gasteiger partial charge in [-0.3, -0.25) is 0 Å². The first-order valence-corrected chi connectivity index (χ1v) is 43.8. The highest BCUT2D eigenvalue weighted by molar-refractivity contribution is 7.90. The highest BCUT2D eigenvalue weighted by Crippen LogP contribution is 2.42. The number of aromatic nitrogens is 4. The van der Waals surface area contributed by atoms with Crippen molar-refractivity contribution in [2.24, 2.45) is 0 Å². The van der Waals surface area contributed by atoms with Crippen LogP contribution in [0, 0.1) is 13.8 Å². The lowest BCUT2D eigenvalue weighted by atomic mass is 9.90. The summed E-state index contributed by atoms with van der Waals surface area (Å²) in [6, 6.07) is 50.8. The summed E-state index contributed by atoms with van der Waals surface area (Å²) in [6.45, 7) is 9.93. The van der Waals surface area contributed by atoms with E-state index in [1.165, 1.54) is 54.4 Å². The van der Waals surface area contributed by atoms with Crippen molar-refractivity contribution in [1.29, 1.82) is 0 Å². The summed E-state index contributed by atoms with van der Waals surface area (Å²) in [7, 11) is -6.30. The first-order chi connectivity index (χ1) is 53.5. The Labute approximate surface area is 656 Å². The van der Waals surface area contributed by atoms with E-state index in [-0.39, 0.29) is 20.6 Å². The fraction of sp³-hybridized carbons (Fsp3) is 0.341. The number of rotatable bonds is 18. The van der Waals surface area contributed by atoms with Gasteiger partial charge in [-0.2, -0.15) is 17.2 Å². The first-order valence-electron chi connectivity index (χ1n) is 37.6. The Bertz CT molecular complexity index is 5740. The van der Waals surface area contributed by atoms with E-state index in [9.17, 15) is 33.7 Å². The Hall–Kier alpha value is -9.15. The highest BCUT2D eigenvalue weighted by Gasteiger charge is 2.37. The van der Waals surface area contributed by atoms with E-state index < -0.39 is 40.1 Å². The molecule has 586 valence electrons. The zero-order valence-electron chi connectivity index (χ0n) is 63.8. The molecule has 0 radical (unpaired) electrons. The second kappa shape index (κ2) is 34.4. The van der Waals surface area contributed by atoms with Crippen LogP contribution in [0.15, 0.2) is 208 Å². The topological polar surface area (TPSA) is 259 Å². The lowest BCUT2D eigenvalue weighted by Crippen LogP contribution is -2.38. The maximum atomic E-state index is 13.2. The second-order valence-corrected chi connectivity index (χ2v) is 36.8. The van der Waals surface area contributed by atoms with Gasteiger partial charge in [-0.05, 0) is 231 Å². The molecule has 4 fully saturated rings. The number of sulfonamides is 4. The molecular weight excluding hydrogens is 1500 g/mol. The zero-order valence-corrected chi connectivity index (χ0v) is 67.9. The van der Waals surface area contributed by atoms with Crippen LogP contribution in [-0.4, -0.2) is 159 Å². The van der Waals surface area contributed by atoms with E-state index >= 15 is 0 Å². The van der Waals surface area contributed by atoms with Crippen LogP contribution in [0.1, 0.15) is 121 Å². The van der Waals surface area contributed by atoms with Gasteiger partial charge in [-0.15, -0.1) is 0 Å². The fourth-order valence-electron chi connectivity index (χ4n) is 15.8. The summed E-state index contributed by atoms with van der Waals surface area (Å²) in [5, 5.41) is 5.25. The summed E-state index contributed by atoms with van der Waals surface area (Å²) in [4.78, 5) is 14.4. The molecule has 26 heteroatoms. The van der Waals surface area contributed by atoms with Crippen LogP contribution in [0.4, 0.5) is 0 Å². The molecule has 4 N–H and O–H groups in total. The molecule has 21 nitrogen and oxygen atoms in total. The van der Waals surface area contributed by atoms with Crippen LogP contribution in [0.5, 0.6) is 28.7 Å². The molecule has 8 heterocycles. The van der Waals surface area contributed by atoms with Gasteiger partial charge in [0.05, 0.1) is 45.3 Å². The molecule has 0 saturated carbocycles. The number of hydrogen-bond donors (Lipinski definition) is 4. The normalized spacial score (nSPS) is 16.5. The van der Waals surface area contributed by atoms with E-state index in [4.69, 9.17) is 35.3 Å². The monoisotopic (exact) mass is 1600 g/mol. The Morgan fingerprint density at radius 3 is 1.10 bits per heavy atom. The van der Waals surface area contributed by atoms with E-state index in [1.54, 1.807) is 92.1 Å². The maximum absolute atomic E-state index is 13.2. The number of hydrogen-bond acceptors (Lipinski definition) is 13. The van der Waals surface area contributed by atoms with Crippen LogP contribution in [0.3, 0.4) is 0 Å². The lowest BCUT2D eigenvalue weighted by molar-refractivity contribution is 0.317. The third kappa shape index (κ3) is 17.1. The van der Waals surface area contributed by atoms with Crippen LogP contribution in [-0.2, 0) is 46.5 Å². The Morgan fingerprint density at radius 2 is 0.703 bits per heavy atom. The van der Waals surface area contributed by atoms with Crippen LogP contribution >= 0.6 is 11.6 Å². The molecule has 0 bridgehead atoms. The SMILES string of the molecule is CCc1ccc(S(=O)(=O)N2CCC(c3c[nH]c4ccccc34)CC2)cc1.COc1ccc(S(=O)(=O)N2CCC(c3c[nH]c4ccc(OC)cc34)CC2)c(OC)c1.COc1ccc2[nH]cc(C3CCN(S(=O)(=O)c4ccc(C)cc4OC)CC3)c2c1.Cc1ccc(S(=O)(=O)N2CCC(c3c[nH]c4ccccc34)CC2)cc1Cl. The fourth-order valence-corrected chi connectivity index (χ4v) is 22.3. The number of fused-ring (bicyclic) bond motifs is 4. The number of methoxy groups -OCH3 is 5. The number of benzene rings is 8. The molecule has 4 aliphatic heterocycles. The molecule has 12 aromatic rings. The van der Waals surface area contributed by atoms with Crippen molar-refractivity contribution in [2.75, 3.05) is 87.9 Å². The number of para-hydroxylation sites is 2. The van der Waals surface area contributed by atoms with Gasteiger partial charge in [-0.25, -0.2) is 33.7 Å². The molecular formula is C85H97ClN8O13S4. The Morgan fingerprint density at radius 1 is 0.360 bits per heavy atom. The van der Waals surface area contributed by atoms with Crippen molar-refractivity contribution in [1.82, 2.24) is 37.2 Å². The molecule has 0 amide bonds. The molecule has 0 atom stereocenters. The van der Waals surface area contributed by atoms with E-state index in [0.29, 0.717) is 97.3 Å². The van der Waals surface area contributed by atoms with Crippen LogP contribution < -0.4 is 23.7 Å². The van der Waals surface area contributed by atoms with Gasteiger partial charge in [0.2, 0.25) is 40.1 Å².